The molecule has 0 aliphatic carbocycles. The fourth-order valence-electron chi connectivity index (χ4n) is 3.38. The van der Waals surface area contributed by atoms with Crippen molar-refractivity contribution in [3.63, 3.8) is 0 Å². The minimum atomic E-state index is -4.20. The Kier molecular flexibility index (Phi) is 8.69. The summed E-state index contributed by atoms with van der Waals surface area (Å²) in [4.78, 5) is 26.7. The molecule has 1 fully saturated rings. The van der Waals surface area contributed by atoms with E-state index in [1.54, 1.807) is 0 Å². The molecular weight excluding hydrogens is 535 g/mol. The lowest BCUT2D eigenvalue weighted by Crippen LogP contribution is -2.58. The van der Waals surface area contributed by atoms with Gasteiger partial charge < -0.3 is 13.6 Å². The third-order valence-corrected chi connectivity index (χ3v) is 17.2. The summed E-state index contributed by atoms with van der Waals surface area (Å²) in [7, 11) is -9.26. The second kappa shape index (κ2) is 10.2. The van der Waals surface area contributed by atoms with E-state index in [4.69, 9.17) is 17.8 Å². The molecule has 0 unspecified atom stereocenters. The molecule has 1 aliphatic heterocycles. The molecule has 1 aromatic heterocycles. The third-order valence-electron chi connectivity index (χ3n) is 7.68. The Morgan fingerprint density at radius 1 is 1.11 bits per heavy atom. The maximum absolute atomic E-state index is 12.8. The molecule has 2 rings (SSSR count). The largest absolute Gasteiger partial charge is 0.414 e. The lowest BCUT2D eigenvalue weighted by Gasteiger charge is -2.42. The van der Waals surface area contributed by atoms with Crippen molar-refractivity contribution in [1.29, 1.82) is 5.26 Å². The highest BCUT2D eigenvalue weighted by Crippen LogP contribution is 2.47. The molecule has 2 heterocycles. The van der Waals surface area contributed by atoms with E-state index in [0.29, 0.717) is 0 Å². The molecule has 4 atom stereocenters. The van der Waals surface area contributed by atoms with Gasteiger partial charge in [-0.2, -0.15) is 13.7 Å². The van der Waals surface area contributed by atoms with Crippen molar-refractivity contribution in [2.75, 3.05) is 12.9 Å². The second-order valence-electron chi connectivity index (χ2n) is 12.6. The van der Waals surface area contributed by atoms with Gasteiger partial charge in [-0.25, -0.2) is 8.98 Å². The lowest BCUT2D eigenvalue weighted by atomic mass is 9.94. The number of nitriles is 1. The number of nitrogens with one attached hydrogen (secondary N) is 1. The van der Waals surface area contributed by atoms with Crippen molar-refractivity contribution in [2.45, 2.75) is 102 Å². The molecule has 0 bridgehead atoms. The molecule has 1 aromatic rings. The smallest absolute Gasteiger partial charge is 0.330 e. The number of aromatic nitrogens is 2. The van der Waals surface area contributed by atoms with Gasteiger partial charge in [0.05, 0.1) is 12.9 Å². The summed E-state index contributed by atoms with van der Waals surface area (Å²) >= 11 is 0. The van der Waals surface area contributed by atoms with Crippen LogP contribution in [0, 0.1) is 11.3 Å². The summed E-state index contributed by atoms with van der Waals surface area (Å²) in [5.74, 6) is 0. The van der Waals surface area contributed by atoms with Crippen LogP contribution in [0.25, 0.3) is 0 Å². The summed E-state index contributed by atoms with van der Waals surface area (Å²) < 4.78 is 50.8. The van der Waals surface area contributed by atoms with Crippen LogP contribution in [0.4, 0.5) is 0 Å². The zero-order valence-electron chi connectivity index (χ0n) is 23.7. The molecule has 1 aliphatic rings. The summed E-state index contributed by atoms with van der Waals surface area (Å²) in [6.07, 6.45) is -1.74. The normalized spacial score (nSPS) is 25.7. The first kappa shape index (κ1) is 31.6. The first-order valence-corrected chi connectivity index (χ1v) is 19.7. The molecule has 0 aromatic carbocycles. The Morgan fingerprint density at radius 2 is 1.65 bits per heavy atom. The standard InChI is InChI=1S/C23H41N3O8SSi2/c1-21(2,3)36(8,9)31-14-16-23(15-24,34-35(7,29)30)18(33-37(10,11)22(4,5)6)19(32-16)26-13-12-17(27)25-20(26)28/h12-13,16,18-19H,14H2,1-11H3,(H,25,27,28)/t16-,18+,19-,23-/m1/s1. The van der Waals surface area contributed by atoms with Crippen molar-refractivity contribution in [1.82, 2.24) is 9.55 Å². The minimum absolute atomic E-state index is 0.161. The van der Waals surface area contributed by atoms with Crippen molar-refractivity contribution >= 4 is 26.8 Å². The number of hydrogen-bond donors (Lipinski definition) is 1. The van der Waals surface area contributed by atoms with E-state index in [1.165, 1.54) is 6.20 Å². The van der Waals surface area contributed by atoms with Gasteiger partial charge in [-0.05, 0) is 36.3 Å². The number of ether oxygens (including phenoxy) is 1. The molecule has 0 amide bonds. The van der Waals surface area contributed by atoms with Gasteiger partial charge >= 0.3 is 5.69 Å². The maximum Gasteiger partial charge on any atom is 0.330 e. The first-order chi connectivity index (χ1) is 16.5. The van der Waals surface area contributed by atoms with Gasteiger partial charge in [0.15, 0.2) is 22.9 Å². The van der Waals surface area contributed by atoms with Crippen molar-refractivity contribution in [2.24, 2.45) is 0 Å². The molecule has 1 saturated heterocycles. The van der Waals surface area contributed by atoms with E-state index in [2.05, 4.69) is 4.98 Å². The molecular formula is C23H41N3O8SSi2. The van der Waals surface area contributed by atoms with Gasteiger partial charge in [0.25, 0.3) is 15.7 Å². The molecule has 0 spiro atoms. The fourth-order valence-corrected chi connectivity index (χ4v) is 6.41. The van der Waals surface area contributed by atoms with E-state index < -0.39 is 62.0 Å². The van der Waals surface area contributed by atoms with E-state index in [9.17, 15) is 23.3 Å². The Balaban J connectivity index is 2.76. The quantitative estimate of drug-likeness (QED) is 0.364. The topological polar surface area (TPSA) is 150 Å². The van der Waals surface area contributed by atoms with Crippen molar-refractivity contribution < 1.29 is 26.2 Å². The number of H-pyrrole nitrogens is 1. The number of rotatable bonds is 8. The fraction of sp³-hybridized carbons (Fsp3) is 0.783. The predicted molar refractivity (Wildman–Crippen MR) is 145 cm³/mol. The Bertz CT molecular complexity index is 1250. The Labute approximate surface area is 221 Å². The number of aromatic amines is 1. The van der Waals surface area contributed by atoms with Gasteiger partial charge in [-0.3, -0.25) is 14.3 Å². The summed E-state index contributed by atoms with van der Waals surface area (Å²) in [6, 6.07) is 3.17. The van der Waals surface area contributed by atoms with Crippen LogP contribution in [0.5, 0.6) is 0 Å². The zero-order chi connectivity index (χ0) is 28.8. The van der Waals surface area contributed by atoms with Crippen molar-refractivity contribution in [3.8, 4) is 6.07 Å². The minimum Gasteiger partial charge on any atom is -0.414 e. The number of hydrogen-bond acceptors (Lipinski definition) is 9. The zero-order valence-corrected chi connectivity index (χ0v) is 26.5. The highest BCUT2D eigenvalue weighted by atomic mass is 32.2. The molecule has 0 saturated carbocycles. The first-order valence-electron chi connectivity index (χ1n) is 12.1. The molecule has 0 radical (unpaired) electrons. The Morgan fingerprint density at radius 3 is 2.08 bits per heavy atom. The second-order valence-corrected chi connectivity index (χ2v) is 23.7. The van der Waals surface area contributed by atoms with Crippen LogP contribution in [-0.2, 0) is 27.9 Å². The van der Waals surface area contributed by atoms with Crippen molar-refractivity contribution in [3.05, 3.63) is 33.1 Å². The highest BCUT2D eigenvalue weighted by Gasteiger charge is 2.64. The Hall–Kier alpha value is -1.61. The maximum atomic E-state index is 12.8. The van der Waals surface area contributed by atoms with Crippen LogP contribution in [0.2, 0.25) is 36.3 Å². The van der Waals surface area contributed by atoms with Crippen LogP contribution in [0.3, 0.4) is 0 Å². The summed E-state index contributed by atoms with van der Waals surface area (Å²) in [5, 5.41) is 10.0. The van der Waals surface area contributed by atoms with Crippen LogP contribution in [0.15, 0.2) is 21.9 Å². The van der Waals surface area contributed by atoms with Crippen LogP contribution < -0.4 is 11.2 Å². The van der Waals surface area contributed by atoms with E-state index in [0.717, 1.165) is 16.9 Å². The van der Waals surface area contributed by atoms with E-state index >= 15 is 0 Å². The average Bonchev–Trinajstić information content (AvgIpc) is 2.96. The molecule has 37 heavy (non-hydrogen) atoms. The van der Waals surface area contributed by atoms with Gasteiger partial charge in [0.2, 0.25) is 5.60 Å². The monoisotopic (exact) mass is 575 g/mol. The van der Waals surface area contributed by atoms with Gasteiger partial charge in [0.1, 0.15) is 18.3 Å². The van der Waals surface area contributed by atoms with Crippen LogP contribution in [0.1, 0.15) is 47.8 Å². The van der Waals surface area contributed by atoms with Gasteiger partial charge in [0, 0.05) is 12.3 Å². The van der Waals surface area contributed by atoms with E-state index in [1.807, 2.05) is 73.8 Å². The van der Waals surface area contributed by atoms with Crippen LogP contribution in [-0.4, -0.2) is 65.3 Å². The van der Waals surface area contributed by atoms with Crippen LogP contribution >= 0.6 is 0 Å². The third kappa shape index (κ3) is 6.70. The highest BCUT2D eigenvalue weighted by molar-refractivity contribution is 7.86. The molecule has 1 N–H and O–H groups in total. The van der Waals surface area contributed by atoms with E-state index in [-0.39, 0.29) is 16.7 Å². The molecule has 210 valence electrons. The molecule has 14 heteroatoms. The lowest BCUT2D eigenvalue weighted by molar-refractivity contribution is -0.0545. The average molecular weight is 576 g/mol. The number of nitrogens with zero attached hydrogens (tertiary/aromatic N) is 2. The SMILES string of the molecule is CC(C)(C)[Si](C)(C)OC[C@H]1O[C@@H](n2ccc(=O)[nH]c2=O)[C@H](O[Si](C)(C)C(C)(C)C)[C@]1(C#N)OS(C)(=O)=O. The summed E-state index contributed by atoms with van der Waals surface area (Å²) in [5.41, 5.74) is -3.57. The predicted octanol–water partition coefficient (Wildman–Crippen LogP) is 3.08. The molecule has 11 nitrogen and oxygen atoms in total. The van der Waals surface area contributed by atoms with Gasteiger partial charge in [-0.15, -0.1) is 0 Å². The van der Waals surface area contributed by atoms with Gasteiger partial charge in [-0.1, -0.05) is 41.5 Å². The summed E-state index contributed by atoms with van der Waals surface area (Å²) in [6.45, 7) is 19.8.